The van der Waals surface area contributed by atoms with Gasteiger partial charge in [-0.2, -0.15) is 0 Å². The lowest BCUT2D eigenvalue weighted by molar-refractivity contribution is -0.120. The van der Waals surface area contributed by atoms with Crippen LogP contribution < -0.4 is 15.5 Å². The fourth-order valence-electron chi connectivity index (χ4n) is 6.38. The molecule has 2 N–H and O–H groups in total. The second-order valence-corrected chi connectivity index (χ2v) is 11.9. The maximum absolute atomic E-state index is 15.3. The zero-order chi connectivity index (χ0) is 30.8. The average Bonchev–Trinajstić information content (AvgIpc) is 3.02. The number of benzene rings is 4. The van der Waals surface area contributed by atoms with Crippen molar-refractivity contribution in [2.45, 2.75) is 52.1 Å². The number of amides is 2. The Hall–Kier alpha value is -4.49. The number of nitrogens with zero attached hydrogens (tertiary/aromatic N) is 1. The molecule has 6 rings (SSSR count). The van der Waals surface area contributed by atoms with E-state index in [-0.39, 0.29) is 11.5 Å². The number of hydrogen-bond donors (Lipinski definition) is 2. The molecule has 0 radical (unpaired) electrons. The summed E-state index contributed by atoms with van der Waals surface area (Å²) in [6.07, 6.45) is 2.30. The number of para-hydroxylation sites is 1. The number of rotatable bonds is 6. The van der Waals surface area contributed by atoms with Crippen LogP contribution in [-0.4, -0.2) is 31.1 Å². The van der Waals surface area contributed by atoms with Crippen LogP contribution in [0.25, 0.3) is 0 Å². The molecule has 0 bridgehead atoms. The molecule has 226 valence electrons. The third kappa shape index (κ3) is 5.97. The normalized spacial score (nSPS) is 18.4. The number of hydrogen-bond acceptors (Lipinski definition) is 4. The van der Waals surface area contributed by atoms with Gasteiger partial charge in [0.1, 0.15) is 5.82 Å². The minimum absolute atomic E-state index is 0.0142. The van der Waals surface area contributed by atoms with Crippen LogP contribution in [0.15, 0.2) is 84.9 Å². The summed E-state index contributed by atoms with van der Waals surface area (Å²) in [6, 6.07) is 25.7. The van der Waals surface area contributed by atoms with E-state index >= 15 is 4.39 Å². The van der Waals surface area contributed by atoms with Gasteiger partial charge in [-0.15, -0.1) is 0 Å². The van der Waals surface area contributed by atoms with Crippen LogP contribution in [0.3, 0.4) is 0 Å². The predicted molar refractivity (Wildman–Crippen MR) is 173 cm³/mol. The minimum Gasteiger partial charge on any atom is -0.382 e. The van der Waals surface area contributed by atoms with E-state index in [0.29, 0.717) is 29.4 Å². The highest BCUT2D eigenvalue weighted by molar-refractivity contribution is 6.09. The molecule has 2 aliphatic heterocycles. The molecule has 1 fully saturated rings. The highest BCUT2D eigenvalue weighted by Gasteiger charge is 2.43. The summed E-state index contributed by atoms with van der Waals surface area (Å²) >= 11 is 0. The molecule has 2 aliphatic rings. The molecule has 4 aromatic carbocycles. The molecule has 0 saturated carbocycles. The lowest BCUT2D eigenvalue weighted by Gasteiger charge is -2.42. The number of aryl methyl sites for hydroxylation is 3. The standard InChI is InChI=1S/C37H38FN3O3/c1-23-11-14-30(21-25(23)3)40-36(42)31-22-27-8-4-5-10-33(27)41(37(43)34-24(2)7-6-9-32(34)38)35(31)26-12-15-28(16-13-26)39-29-17-19-44-20-18-29/h4-16,21,29,31,35,39H,17-20,22H2,1-3H3,(H,40,42)/t31-,35-/m0/s1. The van der Waals surface area contributed by atoms with Gasteiger partial charge in [0, 0.05) is 36.3 Å². The van der Waals surface area contributed by atoms with E-state index in [1.807, 2.05) is 80.6 Å². The first kappa shape index (κ1) is 29.6. The molecule has 0 aromatic heterocycles. The van der Waals surface area contributed by atoms with Crippen LogP contribution in [0.1, 0.15) is 57.1 Å². The number of nitrogens with one attached hydrogen (secondary N) is 2. The van der Waals surface area contributed by atoms with Gasteiger partial charge in [-0.25, -0.2) is 4.39 Å². The zero-order valence-electron chi connectivity index (χ0n) is 25.4. The van der Waals surface area contributed by atoms with Crippen LogP contribution in [-0.2, 0) is 16.0 Å². The van der Waals surface area contributed by atoms with Crippen molar-refractivity contribution in [3.05, 3.63) is 124 Å². The van der Waals surface area contributed by atoms with Gasteiger partial charge >= 0.3 is 0 Å². The number of halogens is 1. The predicted octanol–water partition coefficient (Wildman–Crippen LogP) is 7.54. The Balaban J connectivity index is 1.43. The molecule has 44 heavy (non-hydrogen) atoms. The van der Waals surface area contributed by atoms with E-state index in [1.54, 1.807) is 24.0 Å². The van der Waals surface area contributed by atoms with Crippen molar-refractivity contribution in [2.75, 3.05) is 28.7 Å². The van der Waals surface area contributed by atoms with Crippen LogP contribution in [0, 0.1) is 32.5 Å². The highest BCUT2D eigenvalue weighted by Crippen LogP contribution is 2.44. The Morgan fingerprint density at radius 2 is 1.55 bits per heavy atom. The summed E-state index contributed by atoms with van der Waals surface area (Å²) in [6.45, 7) is 7.26. The summed E-state index contributed by atoms with van der Waals surface area (Å²) in [7, 11) is 0. The molecule has 0 aliphatic carbocycles. The van der Waals surface area contributed by atoms with Crippen LogP contribution in [0.5, 0.6) is 0 Å². The molecule has 0 spiro atoms. The van der Waals surface area contributed by atoms with Crippen molar-refractivity contribution < 1.29 is 18.7 Å². The number of fused-ring (bicyclic) bond motifs is 1. The Morgan fingerprint density at radius 1 is 0.818 bits per heavy atom. The first-order valence-corrected chi connectivity index (χ1v) is 15.3. The number of anilines is 3. The van der Waals surface area contributed by atoms with E-state index in [1.165, 1.54) is 6.07 Å². The summed E-state index contributed by atoms with van der Waals surface area (Å²) in [4.78, 5) is 30.3. The molecule has 1 saturated heterocycles. The van der Waals surface area contributed by atoms with Crippen molar-refractivity contribution in [3.8, 4) is 0 Å². The van der Waals surface area contributed by atoms with Gasteiger partial charge < -0.3 is 15.4 Å². The molecule has 4 aromatic rings. The summed E-state index contributed by atoms with van der Waals surface area (Å²) < 4.78 is 20.8. The Kier molecular flexibility index (Phi) is 8.49. The van der Waals surface area contributed by atoms with E-state index in [2.05, 4.69) is 10.6 Å². The summed E-state index contributed by atoms with van der Waals surface area (Å²) in [5, 5.41) is 6.71. The molecular formula is C37H38FN3O3. The Morgan fingerprint density at radius 3 is 2.27 bits per heavy atom. The minimum atomic E-state index is -0.667. The van der Waals surface area contributed by atoms with Crippen molar-refractivity contribution >= 4 is 28.9 Å². The lowest BCUT2D eigenvalue weighted by Crippen LogP contribution is -2.47. The number of carbonyl (C=O) groups excluding carboxylic acids is 2. The first-order chi connectivity index (χ1) is 21.3. The molecular weight excluding hydrogens is 553 g/mol. The van der Waals surface area contributed by atoms with E-state index in [4.69, 9.17) is 4.74 Å². The van der Waals surface area contributed by atoms with Gasteiger partial charge in [0.15, 0.2) is 0 Å². The SMILES string of the molecule is Cc1ccc(NC(=O)[C@H]2Cc3ccccc3N(C(=O)c3c(C)cccc3F)[C@H]2c2ccc(NC3CCOCC3)cc2)cc1C. The zero-order valence-corrected chi connectivity index (χ0v) is 25.4. The fraction of sp³-hybridized carbons (Fsp3) is 0.297. The average molecular weight is 592 g/mol. The second-order valence-electron chi connectivity index (χ2n) is 11.9. The van der Waals surface area contributed by atoms with Gasteiger partial charge in [-0.1, -0.05) is 48.5 Å². The van der Waals surface area contributed by atoms with Gasteiger partial charge in [0.2, 0.25) is 5.91 Å². The van der Waals surface area contributed by atoms with E-state index < -0.39 is 23.7 Å². The smallest absolute Gasteiger partial charge is 0.262 e. The van der Waals surface area contributed by atoms with E-state index in [0.717, 1.165) is 54.0 Å². The summed E-state index contributed by atoms with van der Waals surface area (Å²) in [5.41, 5.74) is 6.80. The monoisotopic (exact) mass is 591 g/mol. The van der Waals surface area contributed by atoms with Crippen molar-refractivity contribution in [1.82, 2.24) is 0 Å². The van der Waals surface area contributed by atoms with Gasteiger partial charge in [0.25, 0.3) is 5.91 Å². The molecule has 2 amide bonds. The molecule has 2 atom stereocenters. The van der Waals surface area contributed by atoms with Gasteiger partial charge in [-0.3, -0.25) is 14.5 Å². The fourth-order valence-corrected chi connectivity index (χ4v) is 6.38. The Bertz CT molecular complexity index is 1660. The van der Waals surface area contributed by atoms with Crippen molar-refractivity contribution in [3.63, 3.8) is 0 Å². The van der Waals surface area contributed by atoms with Gasteiger partial charge in [-0.05, 0) is 104 Å². The van der Waals surface area contributed by atoms with E-state index in [9.17, 15) is 9.59 Å². The Labute approximate surface area is 258 Å². The van der Waals surface area contributed by atoms with Crippen LogP contribution >= 0.6 is 0 Å². The van der Waals surface area contributed by atoms with Crippen molar-refractivity contribution in [1.29, 1.82) is 0 Å². The first-order valence-electron chi connectivity index (χ1n) is 15.3. The maximum Gasteiger partial charge on any atom is 0.262 e. The van der Waals surface area contributed by atoms with Crippen molar-refractivity contribution in [2.24, 2.45) is 5.92 Å². The molecule has 0 unspecified atom stereocenters. The molecule has 7 heteroatoms. The third-order valence-corrected chi connectivity index (χ3v) is 8.96. The lowest BCUT2D eigenvalue weighted by atomic mass is 9.80. The topological polar surface area (TPSA) is 70.7 Å². The maximum atomic E-state index is 15.3. The molecule has 2 heterocycles. The largest absolute Gasteiger partial charge is 0.382 e. The number of ether oxygens (including phenoxy) is 1. The highest BCUT2D eigenvalue weighted by atomic mass is 19.1. The quantitative estimate of drug-likeness (QED) is 0.243. The summed E-state index contributed by atoms with van der Waals surface area (Å²) in [5.74, 6) is -1.87. The van der Waals surface area contributed by atoms with Gasteiger partial charge in [0.05, 0.1) is 17.5 Å². The van der Waals surface area contributed by atoms with Crippen LogP contribution in [0.4, 0.5) is 21.5 Å². The third-order valence-electron chi connectivity index (χ3n) is 8.96. The van der Waals surface area contributed by atoms with Crippen LogP contribution in [0.2, 0.25) is 0 Å². The molecule has 6 nitrogen and oxygen atoms in total. The second kappa shape index (κ2) is 12.6. The number of carbonyl (C=O) groups is 2.